The second-order valence-electron chi connectivity index (χ2n) is 9.61. The van der Waals surface area contributed by atoms with E-state index in [0.717, 1.165) is 31.9 Å². The zero-order valence-corrected chi connectivity index (χ0v) is 23.1. The third-order valence-electron chi connectivity index (χ3n) is 6.92. The number of likely N-dealkylation sites (N-methyl/N-ethyl adjacent to an activating group) is 1. The number of piperazine rings is 1. The van der Waals surface area contributed by atoms with Crippen LogP contribution in [0.4, 0.5) is 33.1 Å². The van der Waals surface area contributed by atoms with E-state index in [4.69, 9.17) is 21.2 Å². The van der Waals surface area contributed by atoms with E-state index in [-0.39, 0.29) is 11.9 Å². The Bertz CT molecular complexity index is 1380. The molecule has 2 N–H and O–H groups in total. The number of aromatic nitrogens is 2. The molecule has 3 aromatic rings. The number of hydrogen-bond acceptors (Lipinski definition) is 9. The maximum atomic E-state index is 14.1. The van der Waals surface area contributed by atoms with Gasteiger partial charge >= 0.3 is 0 Å². The van der Waals surface area contributed by atoms with Gasteiger partial charge in [-0.2, -0.15) is 0 Å². The summed E-state index contributed by atoms with van der Waals surface area (Å²) in [6, 6.07) is 9.63. The van der Waals surface area contributed by atoms with Crippen LogP contribution in [0, 0.1) is 5.82 Å². The number of ether oxygens (including phenoxy) is 1. The van der Waals surface area contributed by atoms with Gasteiger partial charge in [0.15, 0.2) is 5.82 Å². The van der Waals surface area contributed by atoms with Gasteiger partial charge in [-0.1, -0.05) is 18.2 Å². The first-order chi connectivity index (χ1) is 19.3. The molecule has 0 aliphatic carbocycles. The normalized spacial score (nSPS) is 17.6. The molecule has 0 bridgehead atoms. The summed E-state index contributed by atoms with van der Waals surface area (Å²) < 4.78 is 19.8. The van der Waals surface area contributed by atoms with E-state index in [1.807, 2.05) is 12.1 Å². The Labute approximate surface area is 237 Å². The van der Waals surface area contributed by atoms with Crippen LogP contribution in [0.2, 0.25) is 5.02 Å². The number of halogens is 2. The zero-order valence-electron chi connectivity index (χ0n) is 22.4. The fraction of sp³-hybridized carbons (Fsp3) is 0.321. The van der Waals surface area contributed by atoms with Crippen LogP contribution in [-0.4, -0.2) is 67.7 Å². The van der Waals surface area contributed by atoms with Gasteiger partial charge in [-0.15, -0.1) is 0 Å². The molecule has 2 aliphatic rings. The fourth-order valence-electron chi connectivity index (χ4n) is 4.87. The van der Waals surface area contributed by atoms with Crippen molar-refractivity contribution in [3.05, 3.63) is 71.8 Å². The number of hydrogen-bond donors (Lipinski definition) is 2. The third kappa shape index (κ3) is 6.11. The summed E-state index contributed by atoms with van der Waals surface area (Å²) in [5.74, 6) is 0.823. The van der Waals surface area contributed by atoms with Crippen LogP contribution in [0.3, 0.4) is 0 Å². The van der Waals surface area contributed by atoms with Gasteiger partial charge in [-0.3, -0.25) is 9.63 Å². The van der Waals surface area contributed by atoms with E-state index in [9.17, 15) is 9.18 Å². The van der Waals surface area contributed by atoms with E-state index in [1.54, 1.807) is 24.3 Å². The predicted molar refractivity (Wildman–Crippen MR) is 154 cm³/mol. The first-order valence-corrected chi connectivity index (χ1v) is 13.3. The van der Waals surface area contributed by atoms with Crippen molar-refractivity contribution in [1.29, 1.82) is 0 Å². The Morgan fingerprint density at radius 2 is 1.95 bits per heavy atom. The molecule has 40 heavy (non-hydrogen) atoms. The molecule has 210 valence electrons. The highest BCUT2D eigenvalue weighted by Crippen LogP contribution is 2.40. The summed E-state index contributed by atoms with van der Waals surface area (Å²) >= 11 is 6.10. The van der Waals surface area contributed by atoms with Gasteiger partial charge in [0, 0.05) is 49.8 Å². The Kier molecular flexibility index (Phi) is 8.34. The highest BCUT2D eigenvalue weighted by Gasteiger charge is 2.30. The largest absolute Gasteiger partial charge is 0.494 e. The molecule has 0 unspecified atom stereocenters. The maximum Gasteiger partial charge on any atom is 0.247 e. The third-order valence-corrected chi connectivity index (χ3v) is 7.14. The van der Waals surface area contributed by atoms with Crippen molar-refractivity contribution >= 4 is 46.2 Å². The molecule has 12 heteroatoms. The summed E-state index contributed by atoms with van der Waals surface area (Å²) in [6.45, 7) is 7.46. The van der Waals surface area contributed by atoms with Crippen molar-refractivity contribution < 1.29 is 18.8 Å². The van der Waals surface area contributed by atoms with Crippen molar-refractivity contribution in [2.24, 2.45) is 0 Å². The molecule has 1 amide bonds. The van der Waals surface area contributed by atoms with Gasteiger partial charge in [0.2, 0.25) is 5.91 Å². The highest BCUT2D eigenvalue weighted by atomic mass is 35.5. The van der Waals surface area contributed by atoms with E-state index < -0.39 is 5.82 Å². The predicted octanol–water partition coefficient (Wildman–Crippen LogP) is 4.78. The number of rotatable bonds is 8. The second-order valence-corrected chi connectivity index (χ2v) is 10.0. The molecule has 10 nitrogen and oxygen atoms in total. The summed E-state index contributed by atoms with van der Waals surface area (Å²) in [7, 11) is 3.68. The van der Waals surface area contributed by atoms with Gasteiger partial charge in [0.25, 0.3) is 0 Å². The van der Waals surface area contributed by atoms with Crippen molar-refractivity contribution in [1.82, 2.24) is 14.9 Å². The lowest BCUT2D eigenvalue weighted by atomic mass is 10.0. The average Bonchev–Trinajstić information content (AvgIpc) is 3.44. The van der Waals surface area contributed by atoms with Gasteiger partial charge in [-0.05, 0) is 43.0 Å². The summed E-state index contributed by atoms with van der Waals surface area (Å²) in [5.41, 5.74) is 2.77. The molecule has 3 heterocycles. The lowest BCUT2D eigenvalue weighted by Gasteiger charge is -2.35. The van der Waals surface area contributed by atoms with Gasteiger partial charge < -0.3 is 25.2 Å². The number of nitrogens with one attached hydrogen (secondary N) is 2. The van der Waals surface area contributed by atoms with E-state index >= 15 is 0 Å². The minimum atomic E-state index is -0.411. The lowest BCUT2D eigenvalue weighted by Crippen LogP contribution is -2.44. The fourth-order valence-corrected chi connectivity index (χ4v) is 5.10. The first kappa shape index (κ1) is 27.6. The highest BCUT2D eigenvalue weighted by molar-refractivity contribution is 6.30. The minimum absolute atomic E-state index is 0.269. The molecule has 1 aromatic heterocycles. The lowest BCUT2D eigenvalue weighted by molar-refractivity contribution is -0.111. The Balaban J connectivity index is 1.44. The molecule has 0 radical (unpaired) electrons. The molecule has 0 spiro atoms. The number of anilines is 5. The van der Waals surface area contributed by atoms with Gasteiger partial charge in [0.1, 0.15) is 23.7 Å². The van der Waals surface area contributed by atoms with Crippen molar-refractivity contribution in [3.8, 4) is 5.75 Å². The number of methoxy groups -OCH3 is 1. The molecule has 2 aliphatic heterocycles. The Morgan fingerprint density at radius 1 is 1.15 bits per heavy atom. The van der Waals surface area contributed by atoms with Crippen LogP contribution in [0.5, 0.6) is 5.75 Å². The minimum Gasteiger partial charge on any atom is -0.494 e. The van der Waals surface area contributed by atoms with Crippen molar-refractivity contribution in [2.75, 3.05) is 67.5 Å². The smallest absolute Gasteiger partial charge is 0.247 e. The van der Waals surface area contributed by atoms with Crippen molar-refractivity contribution in [3.63, 3.8) is 0 Å². The van der Waals surface area contributed by atoms with Crippen LogP contribution in [-0.2, 0) is 9.63 Å². The standard InChI is InChI=1S/C28H31ClFN7O3/c1-4-28(38)34-21-14-22(25(39-3)15-24(21)36-8-6-35(2)7-9-36)33-26-16-27(32-17-31-26)37-23(5-10-40-37)18-11-19(29)13-20(30)12-18/h4,11-17,23H,1,5-10H2,2-3H3,(H,34,38)(H,31,32,33)/t23-/m1/s1. The number of amides is 1. The van der Waals surface area contributed by atoms with E-state index in [1.165, 1.54) is 24.5 Å². The van der Waals surface area contributed by atoms with Gasteiger partial charge in [0.05, 0.1) is 36.8 Å². The zero-order chi connectivity index (χ0) is 28.2. The molecule has 5 rings (SSSR count). The van der Waals surface area contributed by atoms with Crippen LogP contribution >= 0.6 is 11.6 Å². The van der Waals surface area contributed by atoms with Crippen LogP contribution < -0.4 is 25.3 Å². The Morgan fingerprint density at radius 3 is 2.67 bits per heavy atom. The monoisotopic (exact) mass is 567 g/mol. The quantitative estimate of drug-likeness (QED) is 0.373. The number of carbonyl (C=O) groups excluding carboxylic acids is 1. The molecule has 0 saturated carbocycles. The van der Waals surface area contributed by atoms with Gasteiger partial charge in [-0.25, -0.2) is 19.4 Å². The topological polar surface area (TPSA) is 95.1 Å². The average molecular weight is 568 g/mol. The summed E-state index contributed by atoms with van der Waals surface area (Å²) in [5, 5.41) is 8.17. The number of carbonyl (C=O) groups is 1. The number of benzene rings is 2. The maximum absolute atomic E-state index is 14.1. The number of hydroxylamine groups is 1. The number of nitrogens with zero attached hydrogens (tertiary/aromatic N) is 5. The summed E-state index contributed by atoms with van der Waals surface area (Å²) in [6.07, 6.45) is 3.29. The second kappa shape index (κ2) is 12.1. The molecule has 2 fully saturated rings. The molecular formula is C28H31ClFN7O3. The van der Waals surface area contributed by atoms with E-state index in [0.29, 0.717) is 52.4 Å². The first-order valence-electron chi connectivity index (χ1n) is 12.9. The van der Waals surface area contributed by atoms with E-state index in [2.05, 4.69) is 44.0 Å². The molecule has 2 aromatic carbocycles. The molecule has 1 atom stereocenters. The molecule has 2 saturated heterocycles. The Hall–Kier alpha value is -3.93. The SMILES string of the molecule is C=CC(=O)Nc1cc(Nc2cc(N3OCC[C@@H]3c3cc(F)cc(Cl)c3)ncn2)c(OC)cc1N1CCN(C)CC1. The van der Waals surface area contributed by atoms with Crippen LogP contribution in [0.25, 0.3) is 0 Å². The molecular weight excluding hydrogens is 537 g/mol. The van der Waals surface area contributed by atoms with Crippen LogP contribution in [0.15, 0.2) is 55.4 Å². The van der Waals surface area contributed by atoms with Crippen molar-refractivity contribution in [2.45, 2.75) is 12.5 Å². The summed E-state index contributed by atoms with van der Waals surface area (Å²) in [4.78, 5) is 31.4. The van der Waals surface area contributed by atoms with Crippen LogP contribution in [0.1, 0.15) is 18.0 Å².